The molecule has 0 radical (unpaired) electrons. The van der Waals surface area contributed by atoms with Gasteiger partial charge in [-0.05, 0) is 36.5 Å². The van der Waals surface area contributed by atoms with Gasteiger partial charge in [0.2, 0.25) is 5.13 Å². The van der Waals surface area contributed by atoms with Crippen molar-refractivity contribution in [2.45, 2.75) is 13.0 Å². The maximum atomic E-state index is 11.6. The molecule has 0 fully saturated rings. The fourth-order valence-corrected chi connectivity index (χ4v) is 2.97. The van der Waals surface area contributed by atoms with Crippen molar-refractivity contribution >= 4 is 45.1 Å². The highest BCUT2D eigenvalue weighted by atomic mass is 35.5. The molecule has 1 atom stereocenters. The van der Waals surface area contributed by atoms with Gasteiger partial charge in [-0.15, -0.1) is 5.10 Å². The summed E-state index contributed by atoms with van der Waals surface area (Å²) in [5.74, 6) is 0.656. The van der Waals surface area contributed by atoms with Gasteiger partial charge in [-0.2, -0.15) is 0 Å². The van der Waals surface area contributed by atoms with Crippen LogP contribution < -0.4 is 15.0 Å². The molecule has 0 spiro atoms. The number of furan rings is 1. The van der Waals surface area contributed by atoms with Crippen LogP contribution in [0.4, 0.5) is 9.93 Å². The van der Waals surface area contributed by atoms with Crippen LogP contribution in [0.2, 0.25) is 5.02 Å². The molecule has 0 bridgehead atoms. The van der Waals surface area contributed by atoms with Crippen LogP contribution in [0, 0.1) is 0 Å². The number of anilines is 1. The van der Waals surface area contributed by atoms with Crippen LogP contribution in [-0.2, 0) is 0 Å². The van der Waals surface area contributed by atoms with Crippen LogP contribution in [0.5, 0.6) is 5.19 Å². The van der Waals surface area contributed by atoms with Crippen molar-refractivity contribution in [2.24, 2.45) is 0 Å². The van der Waals surface area contributed by atoms with Gasteiger partial charge in [-0.3, -0.25) is 4.90 Å². The third-order valence-corrected chi connectivity index (χ3v) is 4.51. The number of nitrogens with zero attached hydrogens (tertiary/aromatic N) is 3. The Morgan fingerprint density at radius 3 is 2.96 bits per heavy atom. The van der Waals surface area contributed by atoms with E-state index < -0.39 is 0 Å². The van der Waals surface area contributed by atoms with Crippen LogP contribution in [0.15, 0.2) is 28.7 Å². The van der Waals surface area contributed by atoms with Crippen molar-refractivity contribution in [3.63, 3.8) is 0 Å². The summed E-state index contributed by atoms with van der Waals surface area (Å²) in [6.45, 7) is 1.85. The molecule has 0 aliphatic heterocycles. The highest BCUT2D eigenvalue weighted by Crippen LogP contribution is 2.32. The second-order valence-corrected chi connectivity index (χ2v) is 6.41. The number of carbonyl (C=O) groups excluding carboxylic acids is 1. The van der Waals surface area contributed by atoms with Gasteiger partial charge in [0.1, 0.15) is 11.3 Å². The predicted octanol–water partition coefficient (Wildman–Crippen LogP) is 3.85. The Morgan fingerprint density at radius 1 is 1.42 bits per heavy atom. The Bertz CT molecular complexity index is 879. The molecule has 9 heteroatoms. The van der Waals surface area contributed by atoms with Crippen LogP contribution >= 0.6 is 22.9 Å². The smallest absolute Gasteiger partial charge is 0.323 e. The first kappa shape index (κ1) is 16.5. The molecule has 126 valence electrons. The van der Waals surface area contributed by atoms with E-state index in [0.717, 1.165) is 5.39 Å². The molecule has 2 amide bonds. The lowest BCUT2D eigenvalue weighted by molar-refractivity contribution is 0.196. The van der Waals surface area contributed by atoms with E-state index in [2.05, 4.69) is 15.5 Å². The standard InChI is InChI=1S/C15H15ClN4O3S/c1-8(11-6-9-4-5-10(16)7-12(9)23-11)22-15-19-18-14(24-15)20(3)13(21)17-2/h4-8H,1-3H3,(H,17,21). The summed E-state index contributed by atoms with van der Waals surface area (Å²) in [7, 11) is 3.16. The Hall–Kier alpha value is -2.32. The minimum absolute atomic E-state index is 0.278. The van der Waals surface area contributed by atoms with Crippen molar-refractivity contribution in [2.75, 3.05) is 19.0 Å². The zero-order valence-corrected chi connectivity index (χ0v) is 14.8. The molecule has 0 aliphatic rings. The summed E-state index contributed by atoms with van der Waals surface area (Å²) in [5.41, 5.74) is 0.699. The van der Waals surface area contributed by atoms with Gasteiger partial charge in [-0.25, -0.2) is 4.79 Å². The minimum atomic E-state index is -0.359. The van der Waals surface area contributed by atoms with Gasteiger partial charge < -0.3 is 14.5 Å². The minimum Gasteiger partial charge on any atom is -0.458 e. The maximum absolute atomic E-state index is 11.6. The number of carbonyl (C=O) groups is 1. The molecule has 1 unspecified atom stereocenters. The summed E-state index contributed by atoms with van der Waals surface area (Å²) >= 11 is 7.14. The molecule has 24 heavy (non-hydrogen) atoms. The lowest BCUT2D eigenvalue weighted by Crippen LogP contribution is -2.34. The normalized spacial score (nSPS) is 12.2. The molecular formula is C15H15ClN4O3S. The van der Waals surface area contributed by atoms with E-state index in [1.54, 1.807) is 26.2 Å². The number of hydrogen-bond acceptors (Lipinski definition) is 6. The number of halogens is 1. The second kappa shape index (κ2) is 6.66. The van der Waals surface area contributed by atoms with Gasteiger partial charge in [0.05, 0.1) is 0 Å². The Labute approximate surface area is 147 Å². The van der Waals surface area contributed by atoms with E-state index in [9.17, 15) is 4.79 Å². The van der Waals surface area contributed by atoms with Crippen LogP contribution in [0.1, 0.15) is 18.8 Å². The first-order valence-electron chi connectivity index (χ1n) is 7.12. The molecule has 1 aromatic carbocycles. The average Bonchev–Trinajstić information content (AvgIpc) is 3.19. The molecule has 3 rings (SSSR count). The third kappa shape index (κ3) is 3.29. The molecule has 3 aromatic rings. The Kier molecular flexibility index (Phi) is 4.59. The Morgan fingerprint density at radius 2 is 2.21 bits per heavy atom. The quantitative estimate of drug-likeness (QED) is 0.758. The van der Waals surface area contributed by atoms with Crippen molar-refractivity contribution in [3.05, 3.63) is 35.0 Å². The summed E-state index contributed by atoms with van der Waals surface area (Å²) in [6, 6.07) is 7.07. The van der Waals surface area contributed by atoms with Crippen LogP contribution in [0.25, 0.3) is 11.0 Å². The fraction of sp³-hybridized carbons (Fsp3) is 0.267. The average molecular weight is 367 g/mol. The highest BCUT2D eigenvalue weighted by molar-refractivity contribution is 7.17. The topological polar surface area (TPSA) is 80.5 Å². The monoisotopic (exact) mass is 366 g/mol. The number of aromatic nitrogens is 2. The van der Waals surface area contributed by atoms with E-state index >= 15 is 0 Å². The van der Waals surface area contributed by atoms with Gasteiger partial charge in [0.15, 0.2) is 6.10 Å². The van der Waals surface area contributed by atoms with Gasteiger partial charge in [-0.1, -0.05) is 16.7 Å². The van der Waals surface area contributed by atoms with E-state index in [4.69, 9.17) is 20.8 Å². The number of rotatable bonds is 4. The maximum Gasteiger partial charge on any atom is 0.323 e. The molecule has 0 aliphatic carbocycles. The molecule has 0 saturated heterocycles. The lowest BCUT2D eigenvalue weighted by Gasteiger charge is -2.11. The predicted molar refractivity (Wildman–Crippen MR) is 93.0 cm³/mol. The molecule has 2 heterocycles. The van der Waals surface area contributed by atoms with Crippen molar-refractivity contribution in [3.8, 4) is 5.19 Å². The second-order valence-electron chi connectivity index (χ2n) is 5.06. The molecular weight excluding hydrogens is 352 g/mol. The number of nitrogens with one attached hydrogen (secondary N) is 1. The van der Waals surface area contributed by atoms with Crippen molar-refractivity contribution in [1.82, 2.24) is 15.5 Å². The number of ether oxygens (including phenoxy) is 1. The zero-order valence-electron chi connectivity index (χ0n) is 13.2. The van der Waals surface area contributed by atoms with Crippen molar-refractivity contribution in [1.29, 1.82) is 0 Å². The van der Waals surface area contributed by atoms with Crippen molar-refractivity contribution < 1.29 is 13.9 Å². The summed E-state index contributed by atoms with van der Waals surface area (Å²) in [6.07, 6.45) is -0.359. The van der Waals surface area contributed by atoms with Gasteiger partial charge >= 0.3 is 6.03 Å². The summed E-state index contributed by atoms with van der Waals surface area (Å²) < 4.78 is 11.5. The molecule has 2 aromatic heterocycles. The number of hydrogen-bond donors (Lipinski definition) is 1. The first-order valence-corrected chi connectivity index (χ1v) is 8.32. The summed E-state index contributed by atoms with van der Waals surface area (Å²) in [4.78, 5) is 12.9. The molecule has 1 N–H and O–H groups in total. The molecule has 7 nitrogen and oxygen atoms in total. The summed E-state index contributed by atoms with van der Waals surface area (Å²) in [5, 5.41) is 12.8. The number of fused-ring (bicyclic) bond motifs is 1. The molecule has 0 saturated carbocycles. The number of amides is 2. The van der Waals surface area contributed by atoms with Crippen LogP contribution in [0.3, 0.4) is 0 Å². The van der Waals surface area contributed by atoms with E-state index in [-0.39, 0.29) is 12.1 Å². The van der Waals surface area contributed by atoms with E-state index in [0.29, 0.717) is 26.7 Å². The third-order valence-electron chi connectivity index (χ3n) is 3.38. The van der Waals surface area contributed by atoms with E-state index in [1.165, 1.54) is 16.2 Å². The zero-order chi connectivity index (χ0) is 17.3. The largest absolute Gasteiger partial charge is 0.458 e. The van der Waals surface area contributed by atoms with Crippen LogP contribution in [-0.4, -0.2) is 30.3 Å². The van der Waals surface area contributed by atoms with Gasteiger partial charge in [0.25, 0.3) is 5.19 Å². The first-order chi connectivity index (χ1) is 11.5. The SMILES string of the molecule is CNC(=O)N(C)c1nnc(OC(C)c2cc3ccc(Cl)cc3o2)s1. The fourth-order valence-electron chi connectivity index (χ4n) is 2.08. The van der Waals surface area contributed by atoms with Gasteiger partial charge in [0, 0.05) is 30.6 Å². The Balaban J connectivity index is 1.75. The van der Waals surface area contributed by atoms with E-state index in [1.807, 2.05) is 19.1 Å². The highest BCUT2D eigenvalue weighted by Gasteiger charge is 2.19. The number of benzene rings is 1. The lowest BCUT2D eigenvalue weighted by atomic mass is 10.2. The number of urea groups is 1.